The molecule has 25 heavy (non-hydrogen) atoms. The van der Waals surface area contributed by atoms with Crippen molar-refractivity contribution < 1.29 is 5.11 Å². The predicted molar refractivity (Wildman–Crippen MR) is 103 cm³/mol. The zero-order valence-corrected chi connectivity index (χ0v) is 15.7. The van der Waals surface area contributed by atoms with Gasteiger partial charge >= 0.3 is 0 Å². The maximum atomic E-state index is 10.4. The third-order valence-electron chi connectivity index (χ3n) is 4.89. The van der Waals surface area contributed by atoms with E-state index in [9.17, 15) is 5.11 Å². The number of nitrogen functional groups attached to an aromatic ring is 1. The number of likely N-dealkylation sites (tertiary alicyclic amines) is 1. The summed E-state index contributed by atoms with van der Waals surface area (Å²) in [5.74, 6) is 0.723. The fraction of sp³-hybridized carbons (Fsp3) is 0.526. The molecule has 0 radical (unpaired) electrons. The van der Waals surface area contributed by atoms with Crippen LogP contribution in [0.2, 0.25) is 0 Å². The predicted octanol–water partition coefficient (Wildman–Crippen LogP) is 2.60. The Morgan fingerprint density at radius 2 is 2.04 bits per heavy atom. The van der Waals surface area contributed by atoms with Crippen LogP contribution in [0.3, 0.4) is 0 Å². The molecule has 2 aromatic rings. The van der Waals surface area contributed by atoms with Crippen molar-refractivity contribution in [2.75, 3.05) is 39.0 Å². The maximum absolute atomic E-state index is 10.4. The molecule has 2 heterocycles. The molecule has 0 saturated carbocycles. The monoisotopic (exact) mass is 360 g/mol. The summed E-state index contributed by atoms with van der Waals surface area (Å²) in [5.41, 5.74) is 6.71. The lowest BCUT2D eigenvalue weighted by Crippen LogP contribution is -2.39. The van der Waals surface area contributed by atoms with Crippen molar-refractivity contribution in [1.29, 1.82) is 0 Å². The van der Waals surface area contributed by atoms with Crippen LogP contribution in [0.25, 0.3) is 0 Å². The van der Waals surface area contributed by atoms with E-state index in [2.05, 4.69) is 21.8 Å². The second kappa shape index (κ2) is 8.76. The van der Waals surface area contributed by atoms with Crippen molar-refractivity contribution in [2.24, 2.45) is 5.92 Å². The van der Waals surface area contributed by atoms with E-state index >= 15 is 0 Å². The molecule has 1 fully saturated rings. The molecule has 1 atom stereocenters. The zero-order chi connectivity index (χ0) is 17.6. The summed E-state index contributed by atoms with van der Waals surface area (Å²) in [7, 11) is 2.17. The molecule has 1 aromatic carbocycles. The Hall–Kier alpha value is -1.47. The van der Waals surface area contributed by atoms with Gasteiger partial charge in [0, 0.05) is 30.7 Å². The highest BCUT2D eigenvalue weighted by Crippen LogP contribution is 2.22. The number of aliphatic hydroxyl groups excluding tert-OH is 1. The molecule has 1 aliphatic heterocycles. The van der Waals surface area contributed by atoms with Crippen LogP contribution in [0.1, 0.15) is 29.4 Å². The van der Waals surface area contributed by atoms with E-state index in [4.69, 9.17) is 5.73 Å². The molecule has 3 N–H and O–H groups in total. The molecule has 0 aliphatic carbocycles. The van der Waals surface area contributed by atoms with Crippen LogP contribution < -0.4 is 5.73 Å². The van der Waals surface area contributed by atoms with Gasteiger partial charge in [-0.15, -0.1) is 11.3 Å². The van der Waals surface area contributed by atoms with Gasteiger partial charge in [0.05, 0.1) is 6.10 Å². The molecule has 5 nitrogen and oxygen atoms in total. The Bertz CT molecular complexity index is 640. The summed E-state index contributed by atoms with van der Waals surface area (Å²) in [6, 6.07) is 9.95. The van der Waals surface area contributed by atoms with Crippen LogP contribution in [0.15, 0.2) is 36.5 Å². The number of aliphatic hydroxyl groups is 1. The van der Waals surface area contributed by atoms with E-state index in [1.54, 1.807) is 11.3 Å². The van der Waals surface area contributed by atoms with Gasteiger partial charge in [0.15, 0.2) is 5.13 Å². The standard InChI is InChI=1S/C19H28N4OS/c1-22(13-17-11-21-19(20)25-17)12-15-7-9-23(10-8-15)14-18(24)16-5-3-2-4-6-16/h2-6,11,15,18,24H,7-10,12-14H2,1H3,(H2,20,21). The number of rotatable bonds is 7. The minimum atomic E-state index is -0.391. The van der Waals surface area contributed by atoms with Crippen molar-refractivity contribution in [3.8, 4) is 0 Å². The molecular formula is C19H28N4OS. The highest BCUT2D eigenvalue weighted by Gasteiger charge is 2.22. The largest absolute Gasteiger partial charge is 0.387 e. The fourth-order valence-corrected chi connectivity index (χ4v) is 4.31. The highest BCUT2D eigenvalue weighted by molar-refractivity contribution is 7.15. The number of nitrogens with zero attached hydrogens (tertiary/aromatic N) is 3. The molecule has 1 unspecified atom stereocenters. The Morgan fingerprint density at radius 1 is 1.32 bits per heavy atom. The summed E-state index contributed by atoms with van der Waals surface area (Å²) >= 11 is 1.57. The van der Waals surface area contributed by atoms with E-state index < -0.39 is 6.10 Å². The normalized spacial score (nSPS) is 17.9. The summed E-state index contributed by atoms with van der Waals surface area (Å²) < 4.78 is 0. The molecule has 1 aromatic heterocycles. The van der Waals surface area contributed by atoms with Crippen molar-refractivity contribution in [2.45, 2.75) is 25.5 Å². The average molecular weight is 361 g/mol. The number of thiazole rings is 1. The van der Waals surface area contributed by atoms with Crippen LogP contribution >= 0.6 is 11.3 Å². The summed E-state index contributed by atoms with van der Waals surface area (Å²) in [4.78, 5) is 10.1. The van der Waals surface area contributed by atoms with Gasteiger partial charge in [-0.25, -0.2) is 4.98 Å². The van der Waals surface area contributed by atoms with Crippen LogP contribution in [0.4, 0.5) is 5.13 Å². The first kappa shape index (κ1) is 18.3. The summed E-state index contributed by atoms with van der Waals surface area (Å²) in [6.07, 6.45) is 3.87. The fourth-order valence-electron chi connectivity index (χ4n) is 3.54. The van der Waals surface area contributed by atoms with E-state index in [0.29, 0.717) is 5.13 Å². The van der Waals surface area contributed by atoms with E-state index in [0.717, 1.165) is 44.2 Å². The molecule has 1 aliphatic rings. The van der Waals surface area contributed by atoms with Crippen molar-refractivity contribution in [1.82, 2.24) is 14.8 Å². The van der Waals surface area contributed by atoms with Gasteiger partial charge in [0.25, 0.3) is 0 Å². The second-order valence-corrected chi connectivity index (χ2v) is 8.18. The Kier molecular flexibility index (Phi) is 6.42. The quantitative estimate of drug-likeness (QED) is 0.794. The SMILES string of the molecule is CN(Cc1cnc(N)s1)CC1CCN(CC(O)c2ccccc2)CC1. The van der Waals surface area contributed by atoms with Gasteiger partial charge in [-0.1, -0.05) is 30.3 Å². The molecule has 136 valence electrons. The Labute approximate surface area is 154 Å². The maximum Gasteiger partial charge on any atom is 0.180 e. The van der Waals surface area contributed by atoms with Crippen LogP contribution in [0.5, 0.6) is 0 Å². The molecular weight excluding hydrogens is 332 g/mol. The first-order chi connectivity index (χ1) is 12.1. The molecule has 0 amide bonds. The molecule has 6 heteroatoms. The number of anilines is 1. The lowest BCUT2D eigenvalue weighted by Gasteiger charge is -2.34. The zero-order valence-electron chi connectivity index (χ0n) is 14.8. The third-order valence-corrected chi connectivity index (χ3v) is 5.70. The number of β-amino-alcohol motifs (C(OH)–C–C–N with tert-alkyl or cyclic N) is 1. The average Bonchev–Trinajstić information content (AvgIpc) is 3.02. The van der Waals surface area contributed by atoms with Gasteiger partial charge < -0.3 is 20.6 Å². The van der Waals surface area contributed by atoms with Gasteiger partial charge in [0.2, 0.25) is 0 Å². The first-order valence-electron chi connectivity index (χ1n) is 8.94. The number of nitrogens with two attached hydrogens (primary N) is 1. The number of aromatic nitrogens is 1. The molecule has 0 spiro atoms. The molecule has 3 rings (SSSR count). The minimum Gasteiger partial charge on any atom is -0.387 e. The third kappa shape index (κ3) is 5.51. The van der Waals surface area contributed by atoms with E-state index in [1.165, 1.54) is 17.7 Å². The van der Waals surface area contributed by atoms with Crippen LogP contribution in [0, 0.1) is 5.92 Å². The molecule has 1 saturated heterocycles. The molecule has 0 bridgehead atoms. The lowest BCUT2D eigenvalue weighted by atomic mass is 9.95. The Morgan fingerprint density at radius 3 is 2.68 bits per heavy atom. The van der Waals surface area contributed by atoms with Crippen LogP contribution in [-0.2, 0) is 6.54 Å². The number of hydrogen-bond acceptors (Lipinski definition) is 6. The van der Waals surface area contributed by atoms with Gasteiger partial charge in [0.1, 0.15) is 0 Å². The summed E-state index contributed by atoms with van der Waals surface area (Å²) in [6.45, 7) is 4.88. The first-order valence-corrected chi connectivity index (χ1v) is 9.76. The minimum absolute atomic E-state index is 0.391. The smallest absolute Gasteiger partial charge is 0.180 e. The Balaban J connectivity index is 1.39. The number of hydrogen-bond donors (Lipinski definition) is 2. The second-order valence-electron chi connectivity index (χ2n) is 7.03. The van der Waals surface area contributed by atoms with Crippen molar-refractivity contribution >= 4 is 16.5 Å². The number of piperidine rings is 1. The van der Waals surface area contributed by atoms with E-state index in [1.807, 2.05) is 36.5 Å². The van der Waals surface area contributed by atoms with Gasteiger partial charge in [-0.2, -0.15) is 0 Å². The number of benzene rings is 1. The van der Waals surface area contributed by atoms with Crippen molar-refractivity contribution in [3.63, 3.8) is 0 Å². The highest BCUT2D eigenvalue weighted by atomic mass is 32.1. The topological polar surface area (TPSA) is 65.6 Å². The van der Waals surface area contributed by atoms with Crippen molar-refractivity contribution in [3.05, 3.63) is 47.0 Å². The van der Waals surface area contributed by atoms with Crippen LogP contribution in [-0.4, -0.2) is 53.1 Å². The van der Waals surface area contributed by atoms with Gasteiger partial charge in [-0.05, 0) is 44.5 Å². The van der Waals surface area contributed by atoms with E-state index in [-0.39, 0.29) is 0 Å². The lowest BCUT2D eigenvalue weighted by molar-refractivity contribution is 0.0826. The summed E-state index contributed by atoms with van der Waals surface area (Å²) in [5, 5.41) is 11.0. The van der Waals surface area contributed by atoms with Gasteiger partial charge in [-0.3, -0.25) is 0 Å².